The number of benzene rings is 1. The van der Waals surface area contributed by atoms with Crippen molar-refractivity contribution in [1.29, 1.82) is 0 Å². The number of nitrogens with one attached hydrogen (secondary N) is 1. The molecule has 1 aromatic rings. The number of rotatable bonds is 3. The molecule has 0 aromatic heterocycles. The molecule has 17 heavy (non-hydrogen) atoms. The molecular weight excluding hydrogens is 227 g/mol. The predicted molar refractivity (Wildman–Crippen MR) is 59.0 cm³/mol. The first-order valence-corrected chi connectivity index (χ1v) is 5.45. The van der Waals surface area contributed by atoms with Crippen molar-refractivity contribution in [2.24, 2.45) is 0 Å². The molecule has 2 atom stereocenters. The van der Waals surface area contributed by atoms with Crippen molar-refractivity contribution in [3.05, 3.63) is 39.7 Å². The summed E-state index contributed by atoms with van der Waals surface area (Å²) in [5.41, 5.74) is -0.225. The monoisotopic (exact) mass is 240 g/mol. The Morgan fingerprint density at radius 2 is 2.35 bits per heavy atom. The Balaban J connectivity index is 2.26. The molecule has 0 radical (unpaired) electrons. The van der Waals surface area contributed by atoms with E-state index in [-0.39, 0.29) is 6.04 Å². The van der Waals surface area contributed by atoms with E-state index in [1.54, 1.807) is 0 Å². The Morgan fingerprint density at radius 1 is 1.59 bits per heavy atom. The molecule has 1 fully saturated rings. The van der Waals surface area contributed by atoms with Gasteiger partial charge in [0.25, 0.3) is 0 Å². The first-order chi connectivity index (χ1) is 8.09. The molecule has 1 aromatic carbocycles. The van der Waals surface area contributed by atoms with Gasteiger partial charge in [-0.1, -0.05) is 6.07 Å². The van der Waals surface area contributed by atoms with Crippen LogP contribution in [0.3, 0.4) is 0 Å². The molecule has 0 saturated carbocycles. The van der Waals surface area contributed by atoms with Gasteiger partial charge in [0.05, 0.1) is 11.0 Å². The van der Waals surface area contributed by atoms with Gasteiger partial charge in [-0.3, -0.25) is 10.1 Å². The van der Waals surface area contributed by atoms with Crippen molar-refractivity contribution in [3.8, 4) is 0 Å². The SMILES string of the molecule is O=[N+]([O-])c1cc(C(O)C2CCCN2)ccc1F. The average molecular weight is 240 g/mol. The van der Waals surface area contributed by atoms with Crippen LogP contribution in [0.4, 0.5) is 10.1 Å². The highest BCUT2D eigenvalue weighted by Crippen LogP contribution is 2.27. The zero-order chi connectivity index (χ0) is 12.4. The molecule has 6 heteroatoms. The van der Waals surface area contributed by atoms with Crippen molar-refractivity contribution in [1.82, 2.24) is 5.32 Å². The van der Waals surface area contributed by atoms with Gasteiger partial charge < -0.3 is 10.4 Å². The highest BCUT2D eigenvalue weighted by Gasteiger charge is 2.26. The fraction of sp³-hybridized carbons (Fsp3) is 0.455. The summed E-state index contributed by atoms with van der Waals surface area (Å²) in [6.45, 7) is 0.824. The summed E-state index contributed by atoms with van der Waals surface area (Å²) in [7, 11) is 0. The number of halogens is 1. The normalized spacial score (nSPS) is 21.4. The van der Waals surface area contributed by atoms with E-state index in [0.29, 0.717) is 5.56 Å². The van der Waals surface area contributed by atoms with Gasteiger partial charge >= 0.3 is 5.69 Å². The molecule has 2 rings (SSSR count). The van der Waals surface area contributed by atoms with Crippen LogP contribution in [0.1, 0.15) is 24.5 Å². The molecule has 2 N–H and O–H groups in total. The summed E-state index contributed by atoms with van der Waals surface area (Å²) in [6, 6.07) is 3.39. The fourth-order valence-electron chi connectivity index (χ4n) is 2.07. The molecule has 0 bridgehead atoms. The standard InChI is InChI=1S/C11H13FN2O3/c12-8-4-3-7(6-10(8)14(16)17)11(15)9-2-1-5-13-9/h3-4,6,9,11,13,15H,1-2,5H2. The third-order valence-corrected chi connectivity index (χ3v) is 2.99. The summed E-state index contributed by atoms with van der Waals surface area (Å²) in [4.78, 5) is 9.80. The summed E-state index contributed by atoms with van der Waals surface area (Å²) in [5, 5.41) is 23.7. The van der Waals surface area contributed by atoms with Crippen LogP contribution in [0.25, 0.3) is 0 Å². The first kappa shape index (κ1) is 11.9. The highest BCUT2D eigenvalue weighted by atomic mass is 19.1. The van der Waals surface area contributed by atoms with Gasteiger partial charge in [-0.2, -0.15) is 4.39 Å². The molecule has 5 nitrogen and oxygen atoms in total. The van der Waals surface area contributed by atoms with E-state index >= 15 is 0 Å². The Hall–Kier alpha value is -1.53. The second-order valence-corrected chi connectivity index (χ2v) is 4.12. The number of aliphatic hydroxyl groups is 1. The van der Waals surface area contributed by atoms with Gasteiger partial charge in [-0.15, -0.1) is 0 Å². The molecule has 2 unspecified atom stereocenters. The van der Waals surface area contributed by atoms with E-state index < -0.39 is 22.5 Å². The van der Waals surface area contributed by atoms with Crippen molar-refractivity contribution in [2.45, 2.75) is 25.0 Å². The van der Waals surface area contributed by atoms with E-state index in [1.807, 2.05) is 0 Å². The number of nitro groups is 1. The summed E-state index contributed by atoms with van der Waals surface area (Å²) in [5.74, 6) is -0.884. The largest absolute Gasteiger partial charge is 0.387 e. The lowest BCUT2D eigenvalue weighted by Gasteiger charge is -2.18. The number of hydrogen-bond donors (Lipinski definition) is 2. The van der Waals surface area contributed by atoms with Gasteiger partial charge in [-0.25, -0.2) is 0 Å². The number of aliphatic hydroxyl groups excluding tert-OH is 1. The maximum Gasteiger partial charge on any atom is 0.305 e. The lowest BCUT2D eigenvalue weighted by molar-refractivity contribution is -0.387. The first-order valence-electron chi connectivity index (χ1n) is 5.45. The molecule has 0 spiro atoms. The molecule has 0 aliphatic carbocycles. The molecule has 1 aliphatic rings. The Kier molecular flexibility index (Phi) is 3.35. The summed E-state index contributed by atoms with van der Waals surface area (Å²) < 4.78 is 13.1. The van der Waals surface area contributed by atoms with Crippen LogP contribution in [0.5, 0.6) is 0 Å². The second-order valence-electron chi connectivity index (χ2n) is 4.12. The molecule has 92 valence electrons. The summed E-state index contributed by atoms with van der Waals surface area (Å²) >= 11 is 0. The van der Waals surface area contributed by atoms with Crippen LogP contribution in [0.15, 0.2) is 18.2 Å². The Labute approximate surface area is 97.4 Å². The number of nitro benzene ring substituents is 1. The Bertz CT molecular complexity index is 433. The maximum absolute atomic E-state index is 13.1. The van der Waals surface area contributed by atoms with E-state index in [2.05, 4.69) is 5.32 Å². The van der Waals surface area contributed by atoms with Gasteiger partial charge in [0, 0.05) is 12.1 Å². The zero-order valence-corrected chi connectivity index (χ0v) is 9.10. The van der Waals surface area contributed by atoms with Gasteiger partial charge in [0.1, 0.15) is 0 Å². The van der Waals surface area contributed by atoms with Crippen LogP contribution in [-0.2, 0) is 0 Å². The van der Waals surface area contributed by atoms with Gasteiger partial charge in [0.2, 0.25) is 5.82 Å². The van der Waals surface area contributed by atoms with Gasteiger partial charge in [0.15, 0.2) is 0 Å². The smallest absolute Gasteiger partial charge is 0.305 e. The average Bonchev–Trinajstić information content (AvgIpc) is 2.81. The molecule has 1 aliphatic heterocycles. The minimum Gasteiger partial charge on any atom is -0.387 e. The summed E-state index contributed by atoms with van der Waals surface area (Å²) in [6.07, 6.45) is 0.939. The number of nitrogens with zero attached hydrogens (tertiary/aromatic N) is 1. The third kappa shape index (κ3) is 2.42. The minimum absolute atomic E-state index is 0.111. The van der Waals surface area contributed by atoms with Crippen molar-refractivity contribution in [2.75, 3.05) is 6.54 Å². The van der Waals surface area contributed by atoms with Crippen LogP contribution in [-0.4, -0.2) is 22.6 Å². The van der Waals surface area contributed by atoms with E-state index in [0.717, 1.165) is 31.5 Å². The lowest BCUT2D eigenvalue weighted by atomic mass is 10.0. The van der Waals surface area contributed by atoms with Gasteiger partial charge in [-0.05, 0) is 31.0 Å². The van der Waals surface area contributed by atoms with E-state index in [1.165, 1.54) is 6.07 Å². The molecule has 1 heterocycles. The lowest BCUT2D eigenvalue weighted by Crippen LogP contribution is -2.28. The van der Waals surface area contributed by atoms with Crippen LogP contribution < -0.4 is 5.32 Å². The van der Waals surface area contributed by atoms with Crippen molar-refractivity contribution in [3.63, 3.8) is 0 Å². The third-order valence-electron chi connectivity index (χ3n) is 2.99. The van der Waals surface area contributed by atoms with Crippen LogP contribution in [0, 0.1) is 15.9 Å². The van der Waals surface area contributed by atoms with E-state index in [4.69, 9.17) is 0 Å². The van der Waals surface area contributed by atoms with E-state index in [9.17, 15) is 19.6 Å². The number of hydrogen-bond acceptors (Lipinski definition) is 4. The molecule has 1 saturated heterocycles. The van der Waals surface area contributed by atoms with Crippen molar-refractivity contribution >= 4 is 5.69 Å². The Morgan fingerprint density at radius 3 is 2.94 bits per heavy atom. The second kappa shape index (κ2) is 4.77. The van der Waals surface area contributed by atoms with Crippen LogP contribution >= 0.6 is 0 Å². The topological polar surface area (TPSA) is 75.4 Å². The maximum atomic E-state index is 13.1. The highest BCUT2D eigenvalue weighted by molar-refractivity contribution is 5.37. The predicted octanol–water partition coefficient (Wildman–Crippen LogP) is 1.52. The molecular formula is C11H13FN2O3. The fourth-order valence-corrected chi connectivity index (χ4v) is 2.07. The minimum atomic E-state index is -0.884. The van der Waals surface area contributed by atoms with Crippen molar-refractivity contribution < 1.29 is 14.4 Å². The molecule has 0 amide bonds. The zero-order valence-electron chi connectivity index (χ0n) is 9.10. The van der Waals surface area contributed by atoms with Crippen LogP contribution in [0.2, 0.25) is 0 Å². The quantitative estimate of drug-likeness (QED) is 0.620.